The normalized spacial score (nSPS) is 11.7. The highest BCUT2D eigenvalue weighted by molar-refractivity contribution is 7.13. The van der Waals surface area contributed by atoms with Crippen molar-refractivity contribution in [2.75, 3.05) is 0 Å². The topological polar surface area (TPSA) is 48.0 Å². The molecule has 0 amide bonds. The number of hydrogen-bond acceptors (Lipinski definition) is 4. The van der Waals surface area contributed by atoms with Crippen LogP contribution in [0.25, 0.3) is 33.1 Å². The van der Waals surface area contributed by atoms with E-state index in [4.69, 9.17) is 9.97 Å². The first kappa shape index (κ1) is 15.3. The number of rotatable bonds is 2. The summed E-state index contributed by atoms with van der Waals surface area (Å²) in [5.41, 5.74) is 6.48. The van der Waals surface area contributed by atoms with Crippen molar-refractivity contribution >= 4 is 28.0 Å². The Hall–Kier alpha value is -2.99. The van der Waals surface area contributed by atoms with Gasteiger partial charge in [0.2, 0.25) is 0 Å². The first-order valence-electron chi connectivity index (χ1n) is 8.47. The summed E-state index contributed by atoms with van der Waals surface area (Å²) in [7, 11) is 0. The Balaban J connectivity index is 1.84. The van der Waals surface area contributed by atoms with Crippen LogP contribution in [0.2, 0.25) is 0 Å². The van der Waals surface area contributed by atoms with Crippen molar-refractivity contribution in [3.8, 4) is 16.4 Å². The molecule has 0 unspecified atom stereocenters. The molecule has 4 heterocycles. The highest BCUT2D eigenvalue weighted by Gasteiger charge is 2.19. The fourth-order valence-electron chi connectivity index (χ4n) is 3.45. The maximum absolute atomic E-state index is 4.82. The van der Waals surface area contributed by atoms with E-state index in [-0.39, 0.29) is 0 Å². The van der Waals surface area contributed by atoms with Crippen LogP contribution < -0.4 is 0 Å². The first-order chi connectivity index (χ1) is 12.6. The summed E-state index contributed by atoms with van der Waals surface area (Å²) in [6.07, 6.45) is 1.76. The van der Waals surface area contributed by atoms with Crippen LogP contribution in [-0.2, 0) is 0 Å². The van der Waals surface area contributed by atoms with Gasteiger partial charge in [-0.3, -0.25) is 4.57 Å². The Kier molecular flexibility index (Phi) is 3.24. The minimum atomic E-state index is 0.745. The average molecular weight is 359 g/mol. The molecule has 0 saturated heterocycles. The Morgan fingerprint density at radius 1 is 1.00 bits per heavy atom. The van der Waals surface area contributed by atoms with Gasteiger partial charge in [0.25, 0.3) is 0 Å². The number of benzene rings is 1. The summed E-state index contributed by atoms with van der Waals surface area (Å²) in [4.78, 5) is 10.6. The molecular weight excluding hydrogens is 342 g/mol. The second kappa shape index (κ2) is 5.51. The van der Waals surface area contributed by atoms with Crippen molar-refractivity contribution < 1.29 is 0 Å². The highest BCUT2D eigenvalue weighted by atomic mass is 32.1. The van der Waals surface area contributed by atoms with Crippen LogP contribution >= 0.6 is 11.3 Å². The van der Waals surface area contributed by atoms with Gasteiger partial charge in [-0.25, -0.2) is 14.5 Å². The molecule has 0 aliphatic rings. The Morgan fingerprint density at radius 3 is 2.65 bits per heavy atom. The number of hydrogen-bond donors (Lipinski definition) is 0. The van der Waals surface area contributed by atoms with Crippen molar-refractivity contribution in [3.63, 3.8) is 0 Å². The lowest BCUT2D eigenvalue weighted by molar-refractivity contribution is 0.927. The third-order valence-electron chi connectivity index (χ3n) is 4.83. The molecule has 0 N–H and O–H groups in total. The molecule has 128 valence electrons. The van der Waals surface area contributed by atoms with Crippen LogP contribution in [0.3, 0.4) is 0 Å². The van der Waals surface area contributed by atoms with Crippen LogP contribution in [-0.4, -0.2) is 24.1 Å². The van der Waals surface area contributed by atoms with E-state index in [1.807, 2.05) is 17.5 Å². The predicted molar refractivity (Wildman–Crippen MR) is 105 cm³/mol. The molecule has 0 atom stereocenters. The second-order valence-corrected chi connectivity index (χ2v) is 7.46. The van der Waals surface area contributed by atoms with Gasteiger partial charge in [0.15, 0.2) is 17.1 Å². The van der Waals surface area contributed by atoms with E-state index in [2.05, 4.69) is 54.7 Å². The molecule has 0 aliphatic heterocycles. The Labute approximate surface area is 154 Å². The van der Waals surface area contributed by atoms with Crippen molar-refractivity contribution in [1.29, 1.82) is 0 Å². The largest absolute Gasteiger partial charge is 0.298 e. The summed E-state index contributed by atoms with van der Waals surface area (Å²) in [5, 5.41) is 7.71. The van der Waals surface area contributed by atoms with Crippen LogP contribution in [0, 0.1) is 20.8 Å². The van der Waals surface area contributed by atoms with Gasteiger partial charge >= 0.3 is 0 Å². The minimum absolute atomic E-state index is 0.745. The number of aromatic nitrogens is 5. The van der Waals surface area contributed by atoms with E-state index in [0.29, 0.717) is 0 Å². The van der Waals surface area contributed by atoms with Gasteiger partial charge < -0.3 is 0 Å². The van der Waals surface area contributed by atoms with E-state index in [1.54, 1.807) is 22.2 Å². The summed E-state index contributed by atoms with van der Waals surface area (Å²) in [6, 6.07) is 12.5. The lowest BCUT2D eigenvalue weighted by Crippen LogP contribution is -1.99. The van der Waals surface area contributed by atoms with Crippen molar-refractivity contribution in [2.24, 2.45) is 0 Å². The van der Waals surface area contributed by atoms with Gasteiger partial charge in [0.05, 0.1) is 10.3 Å². The van der Waals surface area contributed by atoms with Crippen molar-refractivity contribution in [3.05, 3.63) is 64.9 Å². The molecular formula is C20H17N5S. The fourth-order valence-corrected chi connectivity index (χ4v) is 4.11. The monoisotopic (exact) mass is 359 g/mol. The molecule has 0 saturated carbocycles. The molecule has 4 aromatic heterocycles. The lowest BCUT2D eigenvalue weighted by atomic mass is 10.2. The molecule has 5 nitrogen and oxygen atoms in total. The van der Waals surface area contributed by atoms with Crippen LogP contribution in [0.5, 0.6) is 0 Å². The van der Waals surface area contributed by atoms with E-state index >= 15 is 0 Å². The Morgan fingerprint density at radius 2 is 1.88 bits per heavy atom. The predicted octanol–water partition coefficient (Wildman–Crippen LogP) is 4.72. The third-order valence-corrected chi connectivity index (χ3v) is 5.70. The number of aryl methyl sites for hydroxylation is 2. The van der Waals surface area contributed by atoms with E-state index in [1.165, 1.54) is 16.8 Å². The number of fused-ring (bicyclic) bond motifs is 3. The maximum atomic E-state index is 4.82. The van der Waals surface area contributed by atoms with Crippen LogP contribution in [0.1, 0.15) is 16.8 Å². The quantitative estimate of drug-likeness (QED) is 0.458. The zero-order chi connectivity index (χ0) is 17.8. The minimum Gasteiger partial charge on any atom is -0.298 e. The van der Waals surface area contributed by atoms with Crippen molar-refractivity contribution in [1.82, 2.24) is 24.1 Å². The molecule has 5 rings (SSSR count). The zero-order valence-corrected chi connectivity index (χ0v) is 15.6. The summed E-state index contributed by atoms with van der Waals surface area (Å²) >= 11 is 1.64. The van der Waals surface area contributed by atoms with E-state index < -0.39 is 0 Å². The second-order valence-electron chi connectivity index (χ2n) is 6.51. The zero-order valence-electron chi connectivity index (χ0n) is 14.8. The van der Waals surface area contributed by atoms with Gasteiger partial charge in [0, 0.05) is 11.4 Å². The molecule has 1 aromatic carbocycles. The average Bonchev–Trinajstić information content (AvgIpc) is 3.34. The first-order valence-corrected chi connectivity index (χ1v) is 9.35. The van der Waals surface area contributed by atoms with Gasteiger partial charge in [-0.15, -0.1) is 16.4 Å². The fraction of sp³-hybridized carbons (Fsp3) is 0.150. The van der Waals surface area contributed by atoms with Crippen LogP contribution in [0.15, 0.2) is 48.1 Å². The molecule has 0 fully saturated rings. The van der Waals surface area contributed by atoms with Gasteiger partial charge in [0.1, 0.15) is 6.33 Å². The molecule has 0 aliphatic carbocycles. The van der Waals surface area contributed by atoms with Crippen LogP contribution in [0.4, 0.5) is 0 Å². The van der Waals surface area contributed by atoms with E-state index in [9.17, 15) is 0 Å². The van der Waals surface area contributed by atoms with Gasteiger partial charge in [-0.05, 0) is 55.5 Å². The Bertz CT molecular complexity index is 1260. The molecule has 0 bridgehead atoms. The van der Waals surface area contributed by atoms with E-state index in [0.717, 1.165) is 33.1 Å². The smallest absolute Gasteiger partial charge is 0.192 e. The molecule has 26 heavy (non-hydrogen) atoms. The molecule has 5 aromatic rings. The summed E-state index contributed by atoms with van der Waals surface area (Å²) in [5.74, 6) is 0.745. The molecule has 0 radical (unpaired) electrons. The summed E-state index contributed by atoms with van der Waals surface area (Å²) in [6.45, 7) is 6.37. The van der Waals surface area contributed by atoms with Crippen molar-refractivity contribution in [2.45, 2.75) is 20.8 Å². The molecule has 0 spiro atoms. The SMILES string of the molecule is Cc1cccc(-n2c(C)c(C)c3c2ncn2nc(-c4cccs4)nc32)c1. The lowest BCUT2D eigenvalue weighted by Gasteiger charge is -2.08. The number of nitrogens with zero attached hydrogens (tertiary/aromatic N) is 5. The van der Waals surface area contributed by atoms with Gasteiger partial charge in [-0.1, -0.05) is 18.2 Å². The molecule has 6 heteroatoms. The van der Waals surface area contributed by atoms with Gasteiger partial charge in [-0.2, -0.15) is 0 Å². The standard InChI is InChI=1S/C20H17N5S/c1-12-6-4-7-15(10-12)25-14(3)13(2)17-19(25)21-11-24-20(17)22-18(23-24)16-8-5-9-26-16/h4-11H,1-3H3. The third kappa shape index (κ3) is 2.12. The maximum Gasteiger partial charge on any atom is 0.192 e. The highest BCUT2D eigenvalue weighted by Crippen LogP contribution is 2.31. The summed E-state index contributed by atoms with van der Waals surface area (Å²) < 4.78 is 3.99. The number of thiophene rings is 1.